The van der Waals surface area contributed by atoms with E-state index in [0.29, 0.717) is 11.9 Å². The van der Waals surface area contributed by atoms with Gasteiger partial charge in [-0.05, 0) is 51.9 Å². The van der Waals surface area contributed by atoms with Crippen molar-refractivity contribution in [1.29, 1.82) is 0 Å². The fourth-order valence-electron chi connectivity index (χ4n) is 2.95. The van der Waals surface area contributed by atoms with Crippen LogP contribution in [0.2, 0.25) is 30.8 Å². The van der Waals surface area contributed by atoms with E-state index in [0.717, 1.165) is 29.3 Å². The number of ether oxygens (including phenoxy) is 1. The van der Waals surface area contributed by atoms with E-state index in [1.165, 1.54) is 0 Å². The maximum atomic E-state index is 6.26. The van der Waals surface area contributed by atoms with Gasteiger partial charge in [-0.3, -0.25) is 0 Å². The third-order valence-corrected chi connectivity index (χ3v) is 7.37. The minimum Gasteiger partial charge on any atom is -0.398 e. The van der Waals surface area contributed by atoms with Crippen molar-refractivity contribution < 1.29 is 14.0 Å². The first-order valence-corrected chi connectivity index (χ1v) is 13.6. The van der Waals surface area contributed by atoms with Crippen molar-refractivity contribution in [2.24, 2.45) is 0 Å². The zero-order valence-corrected chi connectivity index (χ0v) is 19.2. The van der Waals surface area contributed by atoms with Crippen LogP contribution in [0.25, 0.3) is 11.0 Å². The molecule has 148 valence electrons. The highest BCUT2D eigenvalue weighted by Crippen LogP contribution is 2.36. The first kappa shape index (κ1) is 20.9. The van der Waals surface area contributed by atoms with Crippen LogP contribution in [0.1, 0.15) is 27.7 Å². The molecule has 0 aromatic carbocycles. The summed E-state index contributed by atoms with van der Waals surface area (Å²) in [6.45, 7) is 16.4. The lowest BCUT2D eigenvalue weighted by Gasteiger charge is -2.32. The molecule has 0 spiro atoms. The van der Waals surface area contributed by atoms with Crippen molar-refractivity contribution in [1.82, 2.24) is 9.55 Å². The lowest BCUT2D eigenvalue weighted by atomic mass is 9.84. The van der Waals surface area contributed by atoms with E-state index in [1.54, 1.807) is 6.07 Å². The van der Waals surface area contributed by atoms with Gasteiger partial charge in [0.15, 0.2) is 0 Å². The van der Waals surface area contributed by atoms with Crippen molar-refractivity contribution in [3.05, 3.63) is 23.4 Å². The Hall–Kier alpha value is -0.858. The summed E-state index contributed by atoms with van der Waals surface area (Å²) in [6, 6.07) is 6.95. The zero-order valence-electron chi connectivity index (χ0n) is 17.4. The molecular weight excluding hydrogens is 379 g/mol. The number of hydrogen-bond acceptors (Lipinski definition) is 4. The Morgan fingerprint density at radius 3 is 2.37 bits per heavy atom. The molecule has 1 saturated heterocycles. The average Bonchev–Trinajstić information content (AvgIpc) is 2.97. The minimum absolute atomic E-state index is 0.400. The van der Waals surface area contributed by atoms with Crippen molar-refractivity contribution in [2.75, 3.05) is 6.61 Å². The van der Waals surface area contributed by atoms with Gasteiger partial charge in [-0.15, -0.1) is 0 Å². The summed E-state index contributed by atoms with van der Waals surface area (Å²) in [6.07, 6.45) is 0. The molecule has 1 fully saturated rings. The maximum absolute atomic E-state index is 6.26. The molecule has 0 saturated carbocycles. The van der Waals surface area contributed by atoms with Gasteiger partial charge in [0, 0.05) is 20.1 Å². The molecule has 3 rings (SSSR count). The quantitative estimate of drug-likeness (QED) is 0.406. The fraction of sp³-hybridized carbons (Fsp3) is 0.632. The van der Waals surface area contributed by atoms with E-state index < -0.39 is 26.4 Å². The van der Waals surface area contributed by atoms with Crippen LogP contribution in [0.15, 0.2) is 18.2 Å². The van der Waals surface area contributed by atoms with Crippen molar-refractivity contribution in [3.63, 3.8) is 0 Å². The van der Waals surface area contributed by atoms with Crippen LogP contribution in [0.5, 0.6) is 0 Å². The van der Waals surface area contributed by atoms with Crippen LogP contribution in [-0.2, 0) is 20.8 Å². The Morgan fingerprint density at radius 2 is 1.78 bits per heavy atom. The lowest BCUT2D eigenvalue weighted by molar-refractivity contribution is 0.00578. The van der Waals surface area contributed by atoms with Gasteiger partial charge in [0.2, 0.25) is 0 Å². The number of fused-ring (bicyclic) bond motifs is 1. The molecule has 0 unspecified atom stereocenters. The summed E-state index contributed by atoms with van der Waals surface area (Å²) in [7, 11) is -1.61. The van der Waals surface area contributed by atoms with Crippen LogP contribution >= 0.6 is 11.6 Å². The van der Waals surface area contributed by atoms with Gasteiger partial charge in [0.25, 0.3) is 0 Å². The third kappa shape index (κ3) is 4.43. The van der Waals surface area contributed by atoms with Gasteiger partial charge in [0.05, 0.1) is 16.8 Å². The zero-order chi connectivity index (χ0) is 20.0. The molecule has 1 aliphatic heterocycles. The second-order valence-corrected chi connectivity index (χ2v) is 15.5. The highest BCUT2D eigenvalue weighted by atomic mass is 35.5. The molecule has 0 amide bonds. The SMILES string of the molecule is CC1(C)OB(c2cc3ccc(Cl)nc3n2COCC[Si](C)(C)C)OC1(C)C. The summed E-state index contributed by atoms with van der Waals surface area (Å²) in [5.41, 5.74) is 0.900. The summed E-state index contributed by atoms with van der Waals surface area (Å²) < 4.78 is 20.5. The third-order valence-electron chi connectivity index (χ3n) is 5.45. The highest BCUT2D eigenvalue weighted by Gasteiger charge is 2.52. The van der Waals surface area contributed by atoms with Gasteiger partial charge >= 0.3 is 7.12 Å². The molecule has 5 nitrogen and oxygen atoms in total. The average molecular weight is 409 g/mol. The molecule has 27 heavy (non-hydrogen) atoms. The van der Waals surface area contributed by atoms with Crippen LogP contribution in [0.4, 0.5) is 0 Å². The second-order valence-electron chi connectivity index (χ2n) is 9.48. The van der Waals surface area contributed by atoms with Crippen molar-refractivity contribution in [2.45, 2.75) is 71.3 Å². The number of halogens is 1. The molecule has 2 aromatic heterocycles. The first-order chi connectivity index (χ1) is 12.4. The number of rotatable bonds is 6. The Morgan fingerprint density at radius 1 is 1.15 bits per heavy atom. The van der Waals surface area contributed by atoms with E-state index in [2.05, 4.69) is 58.4 Å². The van der Waals surface area contributed by atoms with Crippen LogP contribution < -0.4 is 5.59 Å². The van der Waals surface area contributed by atoms with Gasteiger partial charge in [-0.1, -0.05) is 31.2 Å². The van der Waals surface area contributed by atoms with Crippen LogP contribution in [0.3, 0.4) is 0 Å². The Bertz CT molecular complexity index is 816. The molecule has 0 N–H and O–H groups in total. The predicted octanol–water partition coefficient (Wildman–Crippen LogP) is 4.30. The largest absolute Gasteiger partial charge is 0.512 e. The monoisotopic (exact) mass is 408 g/mol. The molecule has 0 bridgehead atoms. The van der Waals surface area contributed by atoms with Crippen molar-refractivity contribution >= 4 is 43.4 Å². The smallest absolute Gasteiger partial charge is 0.398 e. The fourth-order valence-corrected chi connectivity index (χ4v) is 3.85. The van der Waals surface area contributed by atoms with E-state index >= 15 is 0 Å². The normalized spacial score (nSPS) is 19.2. The Labute approximate surface area is 168 Å². The summed E-state index contributed by atoms with van der Waals surface area (Å²) >= 11 is 6.15. The predicted molar refractivity (Wildman–Crippen MR) is 115 cm³/mol. The number of hydrogen-bond donors (Lipinski definition) is 0. The second kappa shape index (κ2) is 7.19. The van der Waals surface area contributed by atoms with E-state index in [4.69, 9.17) is 25.6 Å². The van der Waals surface area contributed by atoms with Gasteiger partial charge in [-0.25, -0.2) is 4.98 Å². The summed E-state index contributed by atoms with van der Waals surface area (Å²) in [5, 5.41) is 1.46. The van der Waals surface area contributed by atoms with E-state index in [-0.39, 0.29) is 0 Å². The van der Waals surface area contributed by atoms with Gasteiger partial charge < -0.3 is 18.6 Å². The standard InChI is InChI=1S/C19H30BClN2O3Si/c1-18(2)19(3,4)26-20(25-18)15-12-14-8-9-16(21)22-17(14)23(15)13-24-10-11-27(5,6)7/h8-9,12H,10-11,13H2,1-7H3. The van der Waals surface area contributed by atoms with Crippen LogP contribution in [0, 0.1) is 0 Å². The molecule has 0 atom stereocenters. The molecule has 0 radical (unpaired) electrons. The number of nitrogens with zero attached hydrogens (tertiary/aromatic N) is 2. The summed E-state index contributed by atoms with van der Waals surface area (Å²) in [5.74, 6) is 0. The van der Waals surface area contributed by atoms with Gasteiger partial charge in [0.1, 0.15) is 17.5 Å². The first-order valence-electron chi connectivity index (χ1n) is 9.49. The van der Waals surface area contributed by atoms with Crippen LogP contribution in [-0.4, -0.2) is 42.6 Å². The topological polar surface area (TPSA) is 45.5 Å². The van der Waals surface area contributed by atoms with Gasteiger partial charge in [-0.2, -0.15) is 0 Å². The van der Waals surface area contributed by atoms with E-state index in [1.807, 2.05) is 10.6 Å². The molecule has 3 heterocycles. The number of aromatic nitrogens is 2. The van der Waals surface area contributed by atoms with Crippen molar-refractivity contribution in [3.8, 4) is 0 Å². The Balaban J connectivity index is 1.90. The molecule has 2 aromatic rings. The summed E-state index contributed by atoms with van der Waals surface area (Å²) in [4.78, 5) is 4.51. The lowest BCUT2D eigenvalue weighted by Crippen LogP contribution is -2.41. The molecule has 1 aliphatic rings. The maximum Gasteiger partial charge on any atom is 0.512 e. The molecular formula is C19H30BClN2O3Si. The number of pyridine rings is 1. The highest BCUT2D eigenvalue weighted by molar-refractivity contribution is 6.76. The molecule has 0 aliphatic carbocycles. The Kier molecular flexibility index (Phi) is 5.56. The van der Waals surface area contributed by atoms with E-state index in [9.17, 15) is 0 Å². The molecule has 8 heteroatoms. The minimum atomic E-state index is -1.14.